The first kappa shape index (κ1) is 9.03. The van der Waals surface area contributed by atoms with E-state index in [-0.39, 0.29) is 12.1 Å². The smallest absolute Gasteiger partial charge is 0.321 e. The highest BCUT2D eigenvalue weighted by atomic mass is 16.5. The Morgan fingerprint density at radius 3 is 2.30 bits per heavy atom. The van der Waals surface area contributed by atoms with E-state index in [0.717, 1.165) is 0 Å². The van der Waals surface area contributed by atoms with Crippen molar-refractivity contribution in [2.75, 3.05) is 0 Å². The number of rotatable bonds is 2. The maximum Gasteiger partial charge on any atom is 0.321 e. The second-order valence-electron chi connectivity index (χ2n) is 2.37. The molecule has 0 fully saturated rings. The molecule has 0 aromatic rings. The average Bonchev–Trinajstić information content (AvgIpc) is 1.85. The van der Waals surface area contributed by atoms with E-state index in [1.807, 2.05) is 0 Å². The molecule has 0 rings (SSSR count). The average molecular weight is 140 g/mol. The third kappa shape index (κ3) is 3.13. The van der Waals surface area contributed by atoms with Crippen molar-refractivity contribution >= 4 is 5.97 Å². The molecular weight excluding hydrogens is 128 g/mol. The van der Waals surface area contributed by atoms with Crippen molar-refractivity contribution in [2.24, 2.45) is 5.92 Å². The molecule has 0 aliphatic heterocycles. The number of carbonyl (C=O) groups excluding carboxylic acids is 1. The molecule has 10 heavy (non-hydrogen) atoms. The number of terminal acetylenes is 1. The highest BCUT2D eigenvalue weighted by Gasteiger charge is 2.11. The van der Waals surface area contributed by atoms with Gasteiger partial charge in [0.2, 0.25) is 0 Å². The first-order chi connectivity index (χ1) is 4.57. The van der Waals surface area contributed by atoms with Gasteiger partial charge in [-0.1, -0.05) is 5.92 Å². The van der Waals surface area contributed by atoms with Crippen LogP contribution >= 0.6 is 0 Å². The summed E-state index contributed by atoms with van der Waals surface area (Å²) < 4.78 is 4.82. The minimum Gasteiger partial charge on any atom is -0.462 e. The summed E-state index contributed by atoms with van der Waals surface area (Å²) in [5.41, 5.74) is 0. The molecule has 0 amide bonds. The molecule has 0 N–H and O–H groups in total. The molecule has 0 bridgehead atoms. The Hall–Kier alpha value is -0.970. The maximum absolute atomic E-state index is 10.8. The van der Waals surface area contributed by atoms with Crippen molar-refractivity contribution in [1.82, 2.24) is 0 Å². The van der Waals surface area contributed by atoms with E-state index in [9.17, 15) is 4.79 Å². The summed E-state index contributed by atoms with van der Waals surface area (Å²) >= 11 is 0. The van der Waals surface area contributed by atoms with Gasteiger partial charge in [0.05, 0.1) is 6.10 Å². The normalized spacial score (nSPS) is 12.3. The summed E-state index contributed by atoms with van der Waals surface area (Å²) in [6, 6.07) is 0. The Kier molecular flexibility index (Phi) is 3.56. The van der Waals surface area contributed by atoms with Crippen LogP contribution in [0.25, 0.3) is 0 Å². The summed E-state index contributed by atoms with van der Waals surface area (Å²) in [4.78, 5) is 10.8. The minimum atomic E-state index is -0.428. The van der Waals surface area contributed by atoms with E-state index in [1.54, 1.807) is 20.8 Å². The lowest BCUT2D eigenvalue weighted by atomic mass is 10.2. The number of ether oxygens (including phenoxy) is 1. The van der Waals surface area contributed by atoms with Crippen molar-refractivity contribution in [2.45, 2.75) is 26.9 Å². The summed E-state index contributed by atoms with van der Waals surface area (Å²) in [7, 11) is 0. The van der Waals surface area contributed by atoms with Gasteiger partial charge in [-0.3, -0.25) is 4.79 Å². The van der Waals surface area contributed by atoms with E-state index >= 15 is 0 Å². The Bertz CT molecular complexity index is 153. The van der Waals surface area contributed by atoms with Gasteiger partial charge in [0.1, 0.15) is 5.92 Å². The van der Waals surface area contributed by atoms with Gasteiger partial charge in [-0.15, -0.1) is 6.42 Å². The van der Waals surface area contributed by atoms with Gasteiger partial charge in [0, 0.05) is 0 Å². The van der Waals surface area contributed by atoms with Crippen LogP contribution in [0.15, 0.2) is 0 Å². The number of hydrogen-bond donors (Lipinski definition) is 0. The molecule has 2 nitrogen and oxygen atoms in total. The summed E-state index contributed by atoms with van der Waals surface area (Å²) in [5, 5.41) is 0. The fourth-order valence-corrected chi connectivity index (χ4v) is 0.402. The van der Waals surface area contributed by atoms with Crippen molar-refractivity contribution in [1.29, 1.82) is 0 Å². The molecular formula is C8H12O2. The van der Waals surface area contributed by atoms with Crippen LogP contribution in [-0.4, -0.2) is 12.1 Å². The summed E-state index contributed by atoms with van der Waals surface area (Å²) in [6.45, 7) is 5.23. The standard InChI is InChI=1S/C8H12O2/c1-5-7(4)8(9)10-6(2)3/h1,6-7H,2-4H3. The quantitative estimate of drug-likeness (QED) is 0.425. The van der Waals surface area contributed by atoms with Crippen LogP contribution in [0.2, 0.25) is 0 Å². The predicted molar refractivity (Wildman–Crippen MR) is 39.2 cm³/mol. The van der Waals surface area contributed by atoms with E-state index in [4.69, 9.17) is 11.2 Å². The van der Waals surface area contributed by atoms with Crippen molar-refractivity contribution < 1.29 is 9.53 Å². The molecule has 2 heteroatoms. The van der Waals surface area contributed by atoms with Crippen LogP contribution in [0.5, 0.6) is 0 Å². The Labute approximate surface area is 61.6 Å². The zero-order chi connectivity index (χ0) is 8.15. The van der Waals surface area contributed by atoms with Crippen LogP contribution < -0.4 is 0 Å². The maximum atomic E-state index is 10.8. The lowest BCUT2D eigenvalue weighted by molar-refractivity contribution is -0.149. The molecule has 0 radical (unpaired) electrons. The second-order valence-corrected chi connectivity index (χ2v) is 2.37. The minimum absolute atomic E-state index is 0.0803. The van der Waals surface area contributed by atoms with Gasteiger partial charge >= 0.3 is 5.97 Å². The topological polar surface area (TPSA) is 26.3 Å². The fraction of sp³-hybridized carbons (Fsp3) is 0.625. The van der Waals surface area contributed by atoms with Crippen molar-refractivity contribution in [3.8, 4) is 12.3 Å². The highest BCUT2D eigenvalue weighted by Crippen LogP contribution is 1.98. The molecule has 1 atom stereocenters. The van der Waals surface area contributed by atoms with Crippen LogP contribution in [0, 0.1) is 18.3 Å². The van der Waals surface area contributed by atoms with Crippen LogP contribution in [0.4, 0.5) is 0 Å². The third-order valence-corrected chi connectivity index (χ3v) is 0.955. The zero-order valence-electron chi connectivity index (χ0n) is 6.55. The van der Waals surface area contributed by atoms with Gasteiger partial charge in [0.25, 0.3) is 0 Å². The Morgan fingerprint density at radius 1 is 1.50 bits per heavy atom. The molecule has 0 saturated carbocycles. The first-order valence-corrected chi connectivity index (χ1v) is 3.24. The van der Waals surface area contributed by atoms with Crippen LogP contribution in [-0.2, 0) is 9.53 Å². The molecule has 0 aliphatic carbocycles. The van der Waals surface area contributed by atoms with E-state index in [2.05, 4.69) is 5.92 Å². The predicted octanol–water partition coefficient (Wildman–Crippen LogP) is 1.21. The van der Waals surface area contributed by atoms with Gasteiger partial charge in [-0.05, 0) is 20.8 Å². The molecule has 0 aliphatic rings. The third-order valence-electron chi connectivity index (χ3n) is 0.955. The van der Waals surface area contributed by atoms with Crippen LogP contribution in [0.3, 0.4) is 0 Å². The molecule has 0 aromatic heterocycles. The molecule has 0 spiro atoms. The van der Waals surface area contributed by atoms with Gasteiger partial charge < -0.3 is 4.74 Å². The lowest BCUT2D eigenvalue weighted by Gasteiger charge is -2.08. The van der Waals surface area contributed by atoms with E-state index < -0.39 is 5.92 Å². The zero-order valence-corrected chi connectivity index (χ0v) is 6.55. The Morgan fingerprint density at radius 2 is 2.00 bits per heavy atom. The molecule has 0 aromatic carbocycles. The lowest BCUT2D eigenvalue weighted by Crippen LogP contribution is -2.17. The fourth-order valence-electron chi connectivity index (χ4n) is 0.402. The van der Waals surface area contributed by atoms with Gasteiger partial charge in [-0.2, -0.15) is 0 Å². The van der Waals surface area contributed by atoms with Crippen molar-refractivity contribution in [3.05, 3.63) is 0 Å². The molecule has 56 valence electrons. The Balaban J connectivity index is 3.76. The molecule has 0 heterocycles. The van der Waals surface area contributed by atoms with E-state index in [1.165, 1.54) is 0 Å². The van der Waals surface area contributed by atoms with E-state index in [0.29, 0.717) is 0 Å². The summed E-state index contributed by atoms with van der Waals surface area (Å²) in [6.07, 6.45) is 4.92. The van der Waals surface area contributed by atoms with Gasteiger partial charge in [0.15, 0.2) is 0 Å². The monoisotopic (exact) mass is 140 g/mol. The number of carbonyl (C=O) groups is 1. The van der Waals surface area contributed by atoms with Crippen molar-refractivity contribution in [3.63, 3.8) is 0 Å². The van der Waals surface area contributed by atoms with Crippen LogP contribution in [0.1, 0.15) is 20.8 Å². The number of hydrogen-bond acceptors (Lipinski definition) is 2. The number of esters is 1. The first-order valence-electron chi connectivity index (χ1n) is 3.24. The molecule has 0 saturated heterocycles. The SMILES string of the molecule is C#CC(C)C(=O)OC(C)C. The molecule has 1 unspecified atom stereocenters. The second kappa shape index (κ2) is 3.94. The van der Waals surface area contributed by atoms with Gasteiger partial charge in [-0.25, -0.2) is 0 Å². The highest BCUT2D eigenvalue weighted by molar-refractivity contribution is 5.75. The largest absolute Gasteiger partial charge is 0.462 e. The summed E-state index contributed by atoms with van der Waals surface area (Å²) in [5.74, 6) is 1.55.